The van der Waals surface area contributed by atoms with Crippen molar-refractivity contribution in [2.45, 2.75) is 12.8 Å². The second-order valence-corrected chi connectivity index (χ2v) is 7.86. The number of methoxy groups -OCH3 is 3. The average molecular weight is 467 g/mol. The molecule has 0 radical (unpaired) electrons. The van der Waals surface area contributed by atoms with E-state index < -0.39 is 0 Å². The molecule has 0 spiro atoms. The van der Waals surface area contributed by atoms with E-state index in [0.29, 0.717) is 64.5 Å². The van der Waals surface area contributed by atoms with Crippen molar-refractivity contribution in [2.24, 2.45) is 5.92 Å². The molecule has 2 aromatic rings. The Morgan fingerprint density at radius 2 is 1.61 bits per heavy atom. The summed E-state index contributed by atoms with van der Waals surface area (Å²) in [4.78, 5) is 27.4. The third-order valence-electron chi connectivity index (χ3n) is 5.27. The molecule has 0 unspecified atom stereocenters. The zero-order valence-electron chi connectivity index (χ0n) is 17.5. The minimum atomic E-state index is -0.223. The zero-order chi connectivity index (χ0) is 22.5. The predicted octanol–water partition coefficient (Wildman–Crippen LogP) is 4.51. The summed E-state index contributed by atoms with van der Waals surface area (Å²) in [5.41, 5.74) is 0.915. The quantitative estimate of drug-likeness (QED) is 0.677. The van der Waals surface area contributed by atoms with Gasteiger partial charge >= 0.3 is 0 Å². The van der Waals surface area contributed by atoms with E-state index in [1.807, 2.05) is 0 Å². The van der Waals surface area contributed by atoms with E-state index in [-0.39, 0.29) is 17.7 Å². The highest BCUT2D eigenvalue weighted by molar-refractivity contribution is 6.44. The van der Waals surface area contributed by atoms with Gasteiger partial charge in [0.15, 0.2) is 11.5 Å². The molecule has 2 aromatic carbocycles. The minimum absolute atomic E-state index is 0.135. The van der Waals surface area contributed by atoms with Crippen LogP contribution >= 0.6 is 23.2 Å². The Hall–Kier alpha value is -2.64. The van der Waals surface area contributed by atoms with Crippen LogP contribution in [-0.4, -0.2) is 51.1 Å². The van der Waals surface area contributed by atoms with Gasteiger partial charge < -0.3 is 24.4 Å². The Kier molecular flexibility index (Phi) is 7.51. The maximum absolute atomic E-state index is 13.0. The summed E-state index contributed by atoms with van der Waals surface area (Å²) in [5.74, 6) is 0.742. The number of piperidine rings is 1. The van der Waals surface area contributed by atoms with Gasteiger partial charge in [-0.2, -0.15) is 0 Å². The molecule has 166 valence electrons. The number of carbonyl (C=O) groups excluding carboxylic acids is 2. The van der Waals surface area contributed by atoms with Crippen molar-refractivity contribution in [3.05, 3.63) is 45.9 Å². The van der Waals surface area contributed by atoms with Gasteiger partial charge in [-0.3, -0.25) is 9.59 Å². The molecular formula is C22H24Cl2N2O5. The first-order valence-corrected chi connectivity index (χ1v) is 10.5. The van der Waals surface area contributed by atoms with E-state index >= 15 is 0 Å². The third kappa shape index (κ3) is 4.99. The molecular weight excluding hydrogens is 443 g/mol. The summed E-state index contributed by atoms with van der Waals surface area (Å²) in [7, 11) is 4.51. The molecule has 0 bridgehead atoms. The van der Waals surface area contributed by atoms with Crippen LogP contribution in [0, 0.1) is 5.92 Å². The minimum Gasteiger partial charge on any atom is -0.493 e. The fraction of sp³-hybridized carbons (Fsp3) is 0.364. The number of hydrogen-bond acceptors (Lipinski definition) is 5. The number of rotatable bonds is 6. The number of benzene rings is 2. The molecule has 3 rings (SSSR count). The summed E-state index contributed by atoms with van der Waals surface area (Å²) in [6.07, 6.45) is 1.08. The molecule has 1 aliphatic rings. The summed E-state index contributed by atoms with van der Waals surface area (Å²) in [6, 6.07) is 8.35. The second-order valence-electron chi connectivity index (χ2n) is 7.07. The fourth-order valence-electron chi connectivity index (χ4n) is 3.57. The molecule has 31 heavy (non-hydrogen) atoms. The number of halogens is 2. The summed E-state index contributed by atoms with van der Waals surface area (Å²) in [5, 5.41) is 3.53. The molecule has 9 heteroatoms. The van der Waals surface area contributed by atoms with Gasteiger partial charge in [0, 0.05) is 24.6 Å². The lowest BCUT2D eigenvalue weighted by Crippen LogP contribution is -2.41. The van der Waals surface area contributed by atoms with E-state index in [4.69, 9.17) is 37.4 Å². The average Bonchev–Trinajstić information content (AvgIpc) is 2.80. The smallest absolute Gasteiger partial charge is 0.254 e. The van der Waals surface area contributed by atoms with Crippen LogP contribution in [0.5, 0.6) is 17.2 Å². The normalized spacial score (nSPS) is 14.2. The van der Waals surface area contributed by atoms with Gasteiger partial charge in [0.25, 0.3) is 5.91 Å². The highest BCUT2D eigenvalue weighted by Gasteiger charge is 2.29. The standard InChI is InChI=1S/C22H24Cl2N2O5/c1-29-17-11-14(12-18(30-2)20(17)31-3)22(28)26-9-7-13(8-10-26)21(27)25-16-6-4-5-15(23)19(16)24/h4-6,11-13H,7-10H2,1-3H3,(H,25,27). The lowest BCUT2D eigenvalue weighted by molar-refractivity contribution is -0.121. The Balaban J connectivity index is 1.66. The summed E-state index contributed by atoms with van der Waals surface area (Å²) < 4.78 is 16.0. The Morgan fingerprint density at radius 3 is 2.16 bits per heavy atom. The molecule has 1 fully saturated rings. The van der Waals surface area contributed by atoms with Crippen LogP contribution in [-0.2, 0) is 4.79 Å². The van der Waals surface area contributed by atoms with Gasteiger partial charge in [0.1, 0.15) is 0 Å². The maximum Gasteiger partial charge on any atom is 0.254 e. The molecule has 0 aromatic heterocycles. The topological polar surface area (TPSA) is 77.1 Å². The van der Waals surface area contributed by atoms with Crippen molar-refractivity contribution < 1.29 is 23.8 Å². The zero-order valence-corrected chi connectivity index (χ0v) is 19.0. The lowest BCUT2D eigenvalue weighted by Gasteiger charge is -2.31. The number of nitrogens with one attached hydrogen (secondary N) is 1. The second kappa shape index (κ2) is 10.1. The SMILES string of the molecule is COc1cc(C(=O)N2CCC(C(=O)Nc3cccc(Cl)c3Cl)CC2)cc(OC)c1OC. The van der Waals surface area contributed by atoms with Gasteiger partial charge in [-0.15, -0.1) is 0 Å². The number of ether oxygens (including phenoxy) is 3. The molecule has 2 amide bonds. The Morgan fingerprint density at radius 1 is 1.00 bits per heavy atom. The van der Waals surface area contributed by atoms with Crippen molar-refractivity contribution in [1.82, 2.24) is 4.90 Å². The van der Waals surface area contributed by atoms with Gasteiger partial charge in [-0.05, 0) is 37.1 Å². The number of anilines is 1. The van der Waals surface area contributed by atoms with Gasteiger partial charge in [-0.25, -0.2) is 0 Å². The molecule has 1 saturated heterocycles. The number of hydrogen-bond donors (Lipinski definition) is 1. The van der Waals surface area contributed by atoms with Crippen molar-refractivity contribution in [3.63, 3.8) is 0 Å². The highest BCUT2D eigenvalue weighted by atomic mass is 35.5. The van der Waals surface area contributed by atoms with Crippen LogP contribution < -0.4 is 19.5 Å². The van der Waals surface area contributed by atoms with Crippen molar-refractivity contribution >= 4 is 40.7 Å². The monoisotopic (exact) mass is 466 g/mol. The molecule has 0 atom stereocenters. The van der Waals surface area contributed by atoms with Crippen LogP contribution in [0.1, 0.15) is 23.2 Å². The van der Waals surface area contributed by atoms with Crippen molar-refractivity contribution in [1.29, 1.82) is 0 Å². The third-order valence-corrected chi connectivity index (χ3v) is 6.09. The van der Waals surface area contributed by atoms with Crippen molar-refractivity contribution in [3.8, 4) is 17.2 Å². The van der Waals surface area contributed by atoms with Crippen LogP contribution in [0.2, 0.25) is 10.0 Å². The number of likely N-dealkylation sites (tertiary alicyclic amines) is 1. The maximum atomic E-state index is 13.0. The number of amides is 2. The van der Waals surface area contributed by atoms with Crippen LogP contribution in [0.25, 0.3) is 0 Å². The van der Waals surface area contributed by atoms with E-state index in [1.165, 1.54) is 21.3 Å². The lowest BCUT2D eigenvalue weighted by atomic mass is 9.95. The van der Waals surface area contributed by atoms with E-state index in [2.05, 4.69) is 5.32 Å². The largest absolute Gasteiger partial charge is 0.493 e. The van der Waals surface area contributed by atoms with Crippen LogP contribution in [0.15, 0.2) is 30.3 Å². The molecule has 1 heterocycles. The van der Waals surface area contributed by atoms with Crippen molar-refractivity contribution in [2.75, 3.05) is 39.7 Å². The van der Waals surface area contributed by atoms with E-state index in [9.17, 15) is 9.59 Å². The number of carbonyl (C=O) groups is 2. The van der Waals surface area contributed by atoms with Gasteiger partial charge in [0.2, 0.25) is 11.7 Å². The molecule has 1 aliphatic heterocycles. The molecule has 7 nitrogen and oxygen atoms in total. The molecule has 0 saturated carbocycles. The first kappa shape index (κ1) is 23.0. The molecule has 0 aliphatic carbocycles. The fourth-order valence-corrected chi connectivity index (χ4v) is 3.91. The summed E-state index contributed by atoms with van der Waals surface area (Å²) >= 11 is 12.2. The Labute approximate surface area is 191 Å². The van der Waals surface area contributed by atoms with Crippen LogP contribution in [0.3, 0.4) is 0 Å². The van der Waals surface area contributed by atoms with Crippen LogP contribution in [0.4, 0.5) is 5.69 Å². The first-order valence-electron chi connectivity index (χ1n) is 9.73. The van der Waals surface area contributed by atoms with Gasteiger partial charge in [0.05, 0.1) is 37.1 Å². The first-order chi connectivity index (χ1) is 14.9. The summed E-state index contributed by atoms with van der Waals surface area (Å²) in [6.45, 7) is 0.910. The predicted molar refractivity (Wildman–Crippen MR) is 120 cm³/mol. The Bertz CT molecular complexity index is 949. The van der Waals surface area contributed by atoms with E-state index in [1.54, 1.807) is 35.2 Å². The highest BCUT2D eigenvalue weighted by Crippen LogP contribution is 2.38. The number of nitrogens with zero attached hydrogens (tertiary/aromatic N) is 1. The molecule has 1 N–H and O–H groups in total. The van der Waals surface area contributed by atoms with E-state index in [0.717, 1.165) is 0 Å². The van der Waals surface area contributed by atoms with Gasteiger partial charge in [-0.1, -0.05) is 29.3 Å².